The Hall–Kier alpha value is -3.61. The average molecular weight is 482 g/mol. The van der Waals surface area contributed by atoms with Gasteiger partial charge in [0.05, 0.1) is 11.6 Å². The van der Waals surface area contributed by atoms with Gasteiger partial charge >= 0.3 is 0 Å². The summed E-state index contributed by atoms with van der Waals surface area (Å²) in [6, 6.07) is 17.3. The second-order valence-electron chi connectivity index (χ2n) is 7.50. The summed E-state index contributed by atoms with van der Waals surface area (Å²) in [5, 5.41) is 12.0. The van der Waals surface area contributed by atoms with Gasteiger partial charge in [-0.15, -0.1) is 0 Å². The number of para-hydroxylation sites is 1. The molecular weight excluding hydrogens is 468 g/mol. The van der Waals surface area contributed by atoms with Gasteiger partial charge in [0, 0.05) is 21.1 Å². The van der Waals surface area contributed by atoms with Crippen molar-refractivity contribution in [2.75, 3.05) is 4.90 Å². The van der Waals surface area contributed by atoms with E-state index in [-0.39, 0.29) is 27.1 Å². The number of aliphatic hydroxyl groups excluding tert-OH is 1. The van der Waals surface area contributed by atoms with E-state index in [1.165, 1.54) is 47.4 Å². The van der Waals surface area contributed by atoms with E-state index in [1.54, 1.807) is 30.3 Å². The Kier molecular flexibility index (Phi) is 5.19. The van der Waals surface area contributed by atoms with Crippen LogP contribution in [0.2, 0.25) is 10.0 Å². The number of furan rings is 1. The molecule has 1 aliphatic rings. The Morgan fingerprint density at radius 2 is 1.64 bits per heavy atom. The molecule has 5 rings (SSSR count). The number of hydrogen-bond donors (Lipinski definition) is 1. The van der Waals surface area contributed by atoms with E-state index in [0.29, 0.717) is 16.5 Å². The highest BCUT2D eigenvalue weighted by molar-refractivity contribution is 6.35. The lowest BCUT2D eigenvalue weighted by Crippen LogP contribution is -2.31. The molecule has 1 N–H and O–H groups in total. The molecule has 1 aliphatic heterocycles. The van der Waals surface area contributed by atoms with Crippen LogP contribution in [0, 0.1) is 5.82 Å². The first kappa shape index (κ1) is 21.2. The van der Waals surface area contributed by atoms with Crippen LogP contribution in [0.4, 0.5) is 10.1 Å². The minimum absolute atomic E-state index is 0.0383. The molecule has 4 aromatic rings. The van der Waals surface area contributed by atoms with Crippen molar-refractivity contribution < 1.29 is 23.5 Å². The van der Waals surface area contributed by atoms with Crippen molar-refractivity contribution in [3.05, 3.63) is 111 Å². The van der Waals surface area contributed by atoms with Crippen molar-refractivity contribution in [3.8, 4) is 0 Å². The zero-order chi connectivity index (χ0) is 23.3. The van der Waals surface area contributed by atoms with E-state index in [9.17, 15) is 19.1 Å². The van der Waals surface area contributed by atoms with E-state index in [4.69, 9.17) is 27.6 Å². The van der Waals surface area contributed by atoms with Crippen molar-refractivity contribution in [2.45, 2.75) is 6.04 Å². The summed E-state index contributed by atoms with van der Waals surface area (Å²) in [6.07, 6.45) is 0. The van der Waals surface area contributed by atoms with Crippen LogP contribution in [0.5, 0.6) is 0 Å². The first-order valence-corrected chi connectivity index (χ1v) is 10.6. The van der Waals surface area contributed by atoms with Crippen molar-refractivity contribution in [1.82, 2.24) is 0 Å². The van der Waals surface area contributed by atoms with Crippen LogP contribution in [0.3, 0.4) is 0 Å². The van der Waals surface area contributed by atoms with Crippen LogP contribution < -0.4 is 4.90 Å². The molecule has 1 unspecified atom stereocenters. The number of rotatable bonds is 4. The number of anilines is 1. The maximum Gasteiger partial charge on any atom is 0.294 e. The molecular formula is C25H14Cl2FNO4. The van der Waals surface area contributed by atoms with Crippen molar-refractivity contribution >= 4 is 51.5 Å². The Morgan fingerprint density at radius 1 is 0.970 bits per heavy atom. The lowest BCUT2D eigenvalue weighted by atomic mass is 9.94. The number of hydrogen-bond acceptors (Lipinski definition) is 4. The first-order valence-electron chi connectivity index (χ1n) is 9.85. The van der Waals surface area contributed by atoms with Crippen molar-refractivity contribution in [2.24, 2.45) is 0 Å². The predicted molar refractivity (Wildman–Crippen MR) is 123 cm³/mol. The summed E-state index contributed by atoms with van der Waals surface area (Å²) in [5.41, 5.74) is 0.971. The number of benzene rings is 3. The number of ketones is 1. The number of Topliss-reactive ketones (excluding diaryl/α,β-unsaturated/α-hetero) is 1. The normalized spacial score (nSPS) is 16.2. The fourth-order valence-electron chi connectivity index (χ4n) is 3.97. The third-order valence-electron chi connectivity index (χ3n) is 5.41. The summed E-state index contributed by atoms with van der Waals surface area (Å²) in [7, 11) is 0. The van der Waals surface area contributed by atoms with Gasteiger partial charge in [0.25, 0.3) is 5.91 Å². The van der Waals surface area contributed by atoms with E-state index in [2.05, 4.69) is 0 Å². The summed E-state index contributed by atoms with van der Waals surface area (Å²) >= 11 is 12.3. The molecule has 8 heteroatoms. The van der Waals surface area contributed by atoms with Crippen LogP contribution in [0.25, 0.3) is 11.0 Å². The Labute approximate surface area is 197 Å². The summed E-state index contributed by atoms with van der Waals surface area (Å²) < 4.78 is 19.3. The molecule has 0 aliphatic carbocycles. The number of aliphatic hydroxyl groups is 1. The van der Waals surface area contributed by atoms with Crippen molar-refractivity contribution in [1.29, 1.82) is 0 Å². The van der Waals surface area contributed by atoms with Gasteiger partial charge in [-0.05, 0) is 48.0 Å². The molecule has 5 nitrogen and oxygen atoms in total. The highest BCUT2D eigenvalue weighted by atomic mass is 35.5. The van der Waals surface area contributed by atoms with Crippen LogP contribution in [0.15, 0.2) is 88.5 Å². The molecule has 1 atom stereocenters. The molecule has 0 saturated carbocycles. The molecule has 0 fully saturated rings. The minimum Gasteiger partial charge on any atom is -0.503 e. The number of amides is 1. The Balaban J connectivity index is 1.68. The maximum atomic E-state index is 13.6. The zero-order valence-electron chi connectivity index (χ0n) is 16.8. The number of carbonyl (C=O) groups is 2. The molecule has 0 saturated heterocycles. The minimum atomic E-state index is -1.06. The summed E-state index contributed by atoms with van der Waals surface area (Å²) in [4.78, 5) is 27.9. The smallest absolute Gasteiger partial charge is 0.294 e. The van der Waals surface area contributed by atoms with Gasteiger partial charge in [0.1, 0.15) is 11.4 Å². The Morgan fingerprint density at radius 3 is 2.30 bits per heavy atom. The summed E-state index contributed by atoms with van der Waals surface area (Å²) in [6.45, 7) is 0. The van der Waals surface area contributed by atoms with Crippen LogP contribution in [0.1, 0.15) is 22.2 Å². The van der Waals surface area contributed by atoms with E-state index in [0.717, 1.165) is 0 Å². The van der Waals surface area contributed by atoms with E-state index >= 15 is 0 Å². The topological polar surface area (TPSA) is 70.8 Å². The third kappa shape index (κ3) is 3.67. The van der Waals surface area contributed by atoms with E-state index in [1.807, 2.05) is 0 Å². The quantitative estimate of drug-likeness (QED) is 0.330. The second kappa shape index (κ2) is 8.06. The fourth-order valence-corrected chi connectivity index (χ4v) is 4.48. The van der Waals surface area contributed by atoms with Crippen LogP contribution in [-0.2, 0) is 4.79 Å². The van der Waals surface area contributed by atoms with Gasteiger partial charge in [0.2, 0.25) is 5.78 Å². The molecule has 0 bridgehead atoms. The molecule has 3 aromatic carbocycles. The molecule has 0 spiro atoms. The SMILES string of the molecule is O=C(C1=C(O)C(=O)N(c2cc(Cl)cc(Cl)c2)C1c1ccc(F)cc1)c1cc2ccccc2o1. The monoisotopic (exact) mass is 481 g/mol. The highest BCUT2D eigenvalue weighted by Gasteiger charge is 2.45. The molecule has 1 amide bonds. The standard InChI is InChI=1S/C25H14Cl2FNO4/c26-15-10-16(27)12-18(11-15)29-22(13-5-7-17(28)8-6-13)21(24(31)25(29)32)23(30)20-9-14-3-1-2-4-19(14)33-20/h1-12,22,31H. The zero-order valence-corrected chi connectivity index (χ0v) is 18.3. The molecule has 33 heavy (non-hydrogen) atoms. The van der Waals surface area contributed by atoms with E-state index < -0.39 is 29.3 Å². The molecule has 0 radical (unpaired) electrons. The molecule has 2 heterocycles. The van der Waals surface area contributed by atoms with Gasteiger partial charge in [-0.2, -0.15) is 0 Å². The first-order chi connectivity index (χ1) is 15.8. The largest absolute Gasteiger partial charge is 0.503 e. The number of nitrogens with zero attached hydrogens (tertiary/aromatic N) is 1. The van der Waals surface area contributed by atoms with Crippen LogP contribution in [-0.4, -0.2) is 16.8 Å². The molecule has 1 aromatic heterocycles. The Bertz CT molecular complexity index is 1410. The van der Waals surface area contributed by atoms with Gasteiger partial charge < -0.3 is 9.52 Å². The fraction of sp³-hybridized carbons (Fsp3) is 0.0400. The molecule has 164 valence electrons. The van der Waals surface area contributed by atoms with Gasteiger partial charge in [-0.1, -0.05) is 53.5 Å². The lowest BCUT2D eigenvalue weighted by Gasteiger charge is -2.27. The van der Waals surface area contributed by atoms with Crippen molar-refractivity contribution in [3.63, 3.8) is 0 Å². The lowest BCUT2D eigenvalue weighted by molar-refractivity contribution is -0.117. The average Bonchev–Trinajstić information content (AvgIpc) is 3.33. The van der Waals surface area contributed by atoms with Gasteiger partial charge in [-0.25, -0.2) is 4.39 Å². The predicted octanol–water partition coefficient (Wildman–Crippen LogP) is 6.66. The number of fused-ring (bicyclic) bond motifs is 1. The number of carbonyl (C=O) groups excluding carboxylic acids is 2. The van der Waals surface area contributed by atoms with Gasteiger partial charge in [0.15, 0.2) is 11.5 Å². The highest BCUT2D eigenvalue weighted by Crippen LogP contribution is 2.43. The van der Waals surface area contributed by atoms with Crippen LogP contribution >= 0.6 is 23.2 Å². The maximum absolute atomic E-state index is 13.6. The van der Waals surface area contributed by atoms with Gasteiger partial charge in [-0.3, -0.25) is 14.5 Å². The summed E-state index contributed by atoms with van der Waals surface area (Å²) in [5.74, 6) is -2.74. The third-order valence-corrected chi connectivity index (χ3v) is 5.85. The number of halogens is 3. The second-order valence-corrected chi connectivity index (χ2v) is 8.37.